The van der Waals surface area contributed by atoms with Crippen molar-refractivity contribution < 1.29 is 17.2 Å². The Balaban J connectivity index is 2.06. The van der Waals surface area contributed by atoms with E-state index in [4.69, 9.17) is 0 Å². The first-order valence-corrected chi connectivity index (χ1v) is 8.98. The molecule has 0 fully saturated rings. The van der Waals surface area contributed by atoms with Gasteiger partial charge in [-0.2, -0.15) is 0 Å². The van der Waals surface area contributed by atoms with Gasteiger partial charge in [-0.25, -0.2) is 22.2 Å². The van der Waals surface area contributed by atoms with E-state index >= 15 is 0 Å². The number of hydrogen-bond acceptors (Lipinski definition) is 3. The quantitative estimate of drug-likeness (QED) is 0.737. The first-order valence-electron chi connectivity index (χ1n) is 7.33. The topological polar surface area (TPSA) is 74.8 Å². The number of halogens is 2. The van der Waals surface area contributed by atoms with Gasteiger partial charge >= 0.3 is 0 Å². The maximum atomic E-state index is 14.5. The van der Waals surface area contributed by atoms with Crippen molar-refractivity contribution in [3.05, 3.63) is 48.3 Å². The van der Waals surface area contributed by atoms with E-state index in [9.17, 15) is 17.2 Å². The zero-order chi connectivity index (χ0) is 17.3. The molecule has 0 bridgehead atoms. The third-order valence-electron chi connectivity index (χ3n) is 3.55. The molecule has 5 nitrogen and oxygen atoms in total. The third-order valence-corrected chi connectivity index (χ3v) is 5.02. The van der Waals surface area contributed by atoms with Crippen molar-refractivity contribution in [2.24, 2.45) is 0 Å². The zero-order valence-corrected chi connectivity index (χ0v) is 13.6. The Labute approximate surface area is 137 Å². The average molecular weight is 351 g/mol. The van der Waals surface area contributed by atoms with Crippen LogP contribution in [0, 0.1) is 11.6 Å². The highest BCUT2D eigenvalue weighted by molar-refractivity contribution is 7.92. The number of fused-ring (bicyclic) bond motifs is 1. The number of nitrogens with zero attached hydrogens (tertiary/aromatic N) is 1. The lowest BCUT2D eigenvalue weighted by atomic mass is 10.0. The van der Waals surface area contributed by atoms with E-state index in [1.807, 2.05) is 0 Å². The molecule has 2 aromatic heterocycles. The van der Waals surface area contributed by atoms with Gasteiger partial charge in [0.2, 0.25) is 10.0 Å². The molecule has 126 valence electrons. The predicted molar refractivity (Wildman–Crippen MR) is 89.1 cm³/mol. The van der Waals surface area contributed by atoms with Crippen LogP contribution in [-0.4, -0.2) is 24.1 Å². The fourth-order valence-electron chi connectivity index (χ4n) is 2.51. The molecule has 3 aromatic rings. The second kappa shape index (κ2) is 6.20. The summed E-state index contributed by atoms with van der Waals surface area (Å²) in [5, 5.41) is 0.648. The van der Waals surface area contributed by atoms with Gasteiger partial charge in [0.1, 0.15) is 17.3 Å². The zero-order valence-electron chi connectivity index (χ0n) is 12.8. The van der Waals surface area contributed by atoms with Gasteiger partial charge in [0, 0.05) is 29.4 Å². The molecule has 2 heterocycles. The summed E-state index contributed by atoms with van der Waals surface area (Å²) in [7, 11) is -3.70. The Bertz CT molecular complexity index is 1000. The van der Waals surface area contributed by atoms with Crippen LogP contribution in [0.1, 0.15) is 13.3 Å². The summed E-state index contributed by atoms with van der Waals surface area (Å²) in [6.07, 6.45) is 3.52. The second-order valence-corrected chi connectivity index (χ2v) is 7.17. The molecule has 0 saturated carbocycles. The van der Waals surface area contributed by atoms with E-state index < -0.39 is 27.3 Å². The van der Waals surface area contributed by atoms with Gasteiger partial charge in [-0.3, -0.25) is 4.72 Å². The Morgan fingerprint density at radius 3 is 2.71 bits per heavy atom. The van der Waals surface area contributed by atoms with Gasteiger partial charge in [-0.05, 0) is 30.2 Å². The van der Waals surface area contributed by atoms with E-state index in [2.05, 4.69) is 14.7 Å². The molecule has 0 atom stereocenters. The average Bonchev–Trinajstić information content (AvgIpc) is 2.99. The molecule has 0 aliphatic rings. The van der Waals surface area contributed by atoms with E-state index in [1.54, 1.807) is 25.3 Å². The van der Waals surface area contributed by atoms with Crippen molar-refractivity contribution in [1.82, 2.24) is 9.97 Å². The minimum Gasteiger partial charge on any atom is -0.346 e. The lowest BCUT2D eigenvalue weighted by Gasteiger charge is -2.11. The highest BCUT2D eigenvalue weighted by Crippen LogP contribution is 2.32. The van der Waals surface area contributed by atoms with Crippen molar-refractivity contribution in [3.63, 3.8) is 0 Å². The maximum absolute atomic E-state index is 14.5. The van der Waals surface area contributed by atoms with Crippen LogP contribution in [0.4, 0.5) is 14.5 Å². The van der Waals surface area contributed by atoms with E-state index in [1.165, 1.54) is 6.20 Å². The standard InChI is InChI=1S/C16H15F2N3O2S/c1-2-7-24(22,23)21-15-9-13(17)12(8-14(15)18)10-3-5-19-16-11(10)4-6-20-16/h3-6,8-9,21H,2,7H2,1H3,(H,19,20). The van der Waals surface area contributed by atoms with Crippen LogP contribution >= 0.6 is 0 Å². The van der Waals surface area contributed by atoms with E-state index in [-0.39, 0.29) is 11.3 Å². The lowest BCUT2D eigenvalue weighted by Crippen LogP contribution is -2.17. The highest BCUT2D eigenvalue weighted by atomic mass is 32.2. The van der Waals surface area contributed by atoms with Gasteiger partial charge in [-0.15, -0.1) is 0 Å². The third kappa shape index (κ3) is 3.09. The van der Waals surface area contributed by atoms with Crippen molar-refractivity contribution in [2.75, 3.05) is 10.5 Å². The number of aromatic amines is 1. The number of rotatable bonds is 5. The SMILES string of the molecule is CCCS(=O)(=O)Nc1cc(F)c(-c2ccnc3[nH]ccc23)cc1F. The number of sulfonamides is 1. The molecule has 3 rings (SSSR count). The fourth-order valence-corrected chi connectivity index (χ4v) is 3.65. The molecule has 0 aliphatic heterocycles. The number of H-pyrrole nitrogens is 1. The van der Waals surface area contributed by atoms with Gasteiger partial charge < -0.3 is 4.98 Å². The molecule has 8 heteroatoms. The molecular formula is C16H15F2N3O2S. The number of pyridine rings is 1. The number of nitrogens with one attached hydrogen (secondary N) is 2. The first-order chi connectivity index (χ1) is 11.4. The Morgan fingerprint density at radius 2 is 1.96 bits per heavy atom. The number of anilines is 1. The van der Waals surface area contributed by atoms with Crippen LogP contribution in [0.5, 0.6) is 0 Å². The summed E-state index contributed by atoms with van der Waals surface area (Å²) in [5.41, 5.74) is 0.669. The summed E-state index contributed by atoms with van der Waals surface area (Å²) in [6, 6.07) is 5.14. The minimum absolute atomic E-state index is 0.0398. The molecule has 0 spiro atoms. The summed E-state index contributed by atoms with van der Waals surface area (Å²) in [5.74, 6) is -1.73. The summed E-state index contributed by atoms with van der Waals surface area (Å²) in [6.45, 7) is 1.69. The first kappa shape index (κ1) is 16.4. The van der Waals surface area contributed by atoms with Gasteiger partial charge in [-0.1, -0.05) is 6.92 Å². The molecule has 0 saturated heterocycles. The Morgan fingerprint density at radius 1 is 1.17 bits per heavy atom. The van der Waals surface area contributed by atoms with Crippen LogP contribution in [-0.2, 0) is 10.0 Å². The molecule has 2 N–H and O–H groups in total. The molecule has 1 aromatic carbocycles. The lowest BCUT2D eigenvalue weighted by molar-refractivity contribution is 0.594. The van der Waals surface area contributed by atoms with Crippen molar-refractivity contribution in [3.8, 4) is 11.1 Å². The van der Waals surface area contributed by atoms with Crippen LogP contribution in [0.3, 0.4) is 0 Å². The van der Waals surface area contributed by atoms with Crippen LogP contribution in [0.25, 0.3) is 22.2 Å². The number of hydrogen-bond donors (Lipinski definition) is 2. The normalized spacial score (nSPS) is 11.8. The molecule has 0 aliphatic carbocycles. The number of aromatic nitrogens is 2. The molecular weight excluding hydrogens is 336 g/mol. The largest absolute Gasteiger partial charge is 0.346 e. The molecule has 0 unspecified atom stereocenters. The monoisotopic (exact) mass is 351 g/mol. The minimum atomic E-state index is -3.70. The molecule has 24 heavy (non-hydrogen) atoms. The van der Waals surface area contributed by atoms with Gasteiger partial charge in [0.05, 0.1) is 11.4 Å². The van der Waals surface area contributed by atoms with Crippen molar-refractivity contribution in [2.45, 2.75) is 13.3 Å². The van der Waals surface area contributed by atoms with E-state index in [0.29, 0.717) is 23.0 Å². The predicted octanol–water partition coefficient (Wildman–Crippen LogP) is 3.66. The fraction of sp³-hybridized carbons (Fsp3) is 0.188. The maximum Gasteiger partial charge on any atom is 0.232 e. The summed E-state index contributed by atoms with van der Waals surface area (Å²) < 4.78 is 54.3. The van der Waals surface area contributed by atoms with Gasteiger partial charge in [0.25, 0.3) is 0 Å². The Kier molecular flexibility index (Phi) is 4.23. The summed E-state index contributed by atoms with van der Waals surface area (Å²) in [4.78, 5) is 7.00. The van der Waals surface area contributed by atoms with Crippen LogP contribution < -0.4 is 4.72 Å². The molecule has 0 radical (unpaired) electrons. The smallest absolute Gasteiger partial charge is 0.232 e. The van der Waals surface area contributed by atoms with Crippen molar-refractivity contribution >= 4 is 26.7 Å². The highest BCUT2D eigenvalue weighted by Gasteiger charge is 2.17. The van der Waals surface area contributed by atoms with Crippen LogP contribution in [0.15, 0.2) is 36.7 Å². The van der Waals surface area contributed by atoms with Crippen molar-refractivity contribution in [1.29, 1.82) is 0 Å². The molecule has 0 amide bonds. The van der Waals surface area contributed by atoms with Gasteiger partial charge in [0.15, 0.2) is 0 Å². The van der Waals surface area contributed by atoms with Crippen LogP contribution in [0.2, 0.25) is 0 Å². The Hall–Kier alpha value is -2.48. The summed E-state index contributed by atoms with van der Waals surface area (Å²) >= 11 is 0. The number of benzene rings is 1. The second-order valence-electron chi connectivity index (χ2n) is 5.33. The van der Waals surface area contributed by atoms with E-state index in [0.717, 1.165) is 12.1 Å².